The summed E-state index contributed by atoms with van der Waals surface area (Å²) in [6.07, 6.45) is 9.60. The maximum atomic E-state index is 3.96. The van der Waals surface area contributed by atoms with Gasteiger partial charge >= 0.3 is 0 Å². The monoisotopic (exact) mass is 290 g/mol. The highest BCUT2D eigenvalue weighted by Gasteiger charge is 2.44. The molecule has 2 nitrogen and oxygen atoms in total. The van der Waals surface area contributed by atoms with Gasteiger partial charge in [0, 0.05) is 34.1 Å². The van der Waals surface area contributed by atoms with Crippen molar-refractivity contribution < 1.29 is 0 Å². The van der Waals surface area contributed by atoms with Crippen molar-refractivity contribution in [3.63, 3.8) is 0 Å². The van der Waals surface area contributed by atoms with Crippen molar-refractivity contribution >= 4 is 17.0 Å². The van der Waals surface area contributed by atoms with Crippen LogP contribution in [0.15, 0.2) is 42.0 Å². The summed E-state index contributed by atoms with van der Waals surface area (Å²) in [5.74, 6) is 1.31. The van der Waals surface area contributed by atoms with Crippen LogP contribution in [-0.2, 0) is 6.42 Å². The van der Waals surface area contributed by atoms with E-state index in [9.17, 15) is 0 Å². The predicted octanol–water partition coefficient (Wildman–Crippen LogP) is 4.05. The maximum absolute atomic E-state index is 3.96. The predicted molar refractivity (Wildman–Crippen MR) is 91.7 cm³/mol. The Morgan fingerprint density at radius 1 is 1.18 bits per heavy atom. The van der Waals surface area contributed by atoms with E-state index < -0.39 is 0 Å². The number of aromatic amines is 1. The topological polar surface area (TPSA) is 27.8 Å². The van der Waals surface area contributed by atoms with Crippen LogP contribution in [-0.4, -0.2) is 16.6 Å². The zero-order valence-corrected chi connectivity index (χ0v) is 13.2. The lowest BCUT2D eigenvalue weighted by Gasteiger charge is -2.49. The maximum Gasteiger partial charge on any atom is 0.0461 e. The number of aromatic nitrogens is 1. The van der Waals surface area contributed by atoms with Crippen molar-refractivity contribution in [3.8, 4) is 0 Å². The summed E-state index contributed by atoms with van der Waals surface area (Å²) in [7, 11) is 0. The largest absolute Gasteiger partial charge is 0.355 e. The molecule has 1 aromatic carbocycles. The lowest BCUT2D eigenvalue weighted by molar-refractivity contribution is 0.144. The van der Waals surface area contributed by atoms with Gasteiger partial charge in [0.2, 0.25) is 0 Å². The van der Waals surface area contributed by atoms with E-state index in [4.69, 9.17) is 0 Å². The molecular weight excluding hydrogens is 268 g/mol. The molecule has 1 saturated heterocycles. The van der Waals surface area contributed by atoms with Gasteiger partial charge in [-0.3, -0.25) is 0 Å². The minimum absolute atomic E-state index is 0.194. The third-order valence-corrected chi connectivity index (χ3v) is 6.01. The van der Waals surface area contributed by atoms with Crippen LogP contribution in [0.5, 0.6) is 0 Å². The Labute approximate surface area is 131 Å². The zero-order chi connectivity index (χ0) is 14.9. The van der Waals surface area contributed by atoms with Gasteiger partial charge in [-0.25, -0.2) is 0 Å². The molecule has 5 rings (SSSR count). The van der Waals surface area contributed by atoms with Gasteiger partial charge < -0.3 is 10.3 Å². The van der Waals surface area contributed by atoms with Crippen LogP contribution in [0.4, 0.5) is 0 Å². The van der Waals surface area contributed by atoms with E-state index in [1.807, 2.05) is 0 Å². The third-order valence-electron chi connectivity index (χ3n) is 6.01. The molecule has 22 heavy (non-hydrogen) atoms. The molecule has 2 aliphatic carbocycles. The van der Waals surface area contributed by atoms with Crippen molar-refractivity contribution in [2.75, 3.05) is 0 Å². The van der Waals surface area contributed by atoms with Crippen molar-refractivity contribution in [2.45, 2.75) is 38.3 Å². The van der Waals surface area contributed by atoms with Crippen LogP contribution in [0.2, 0.25) is 0 Å². The molecule has 1 aromatic heterocycles. The Bertz CT molecular complexity index is 821. The molecule has 0 amide bonds. The van der Waals surface area contributed by atoms with Crippen LogP contribution in [0.3, 0.4) is 0 Å². The number of H-pyrrole nitrogens is 1. The second-order valence-electron chi connectivity index (χ2n) is 7.69. The van der Waals surface area contributed by atoms with Gasteiger partial charge in [-0.2, -0.15) is 0 Å². The fourth-order valence-electron chi connectivity index (χ4n) is 4.76. The number of allylic oxidation sites excluding steroid dienone is 1. The number of benzene rings is 1. The van der Waals surface area contributed by atoms with E-state index in [1.54, 1.807) is 0 Å². The van der Waals surface area contributed by atoms with Gasteiger partial charge in [-0.05, 0) is 55.9 Å². The standard InChI is InChI=1S/C20H22N2/c1-20(2)13-8-7-12-9-18-16(11-19(22-20)15(12)10-13)14-5-3-4-6-17(14)21-18/h3-9,13,15,19,21-22H,10-11H2,1-2H3. The Morgan fingerprint density at radius 3 is 2.95 bits per heavy atom. The molecule has 0 saturated carbocycles. The third kappa shape index (κ3) is 1.65. The highest BCUT2D eigenvalue weighted by molar-refractivity contribution is 5.88. The number of hydrogen-bond acceptors (Lipinski definition) is 1. The summed E-state index contributed by atoms with van der Waals surface area (Å²) < 4.78 is 0. The number of hydrogen-bond donors (Lipinski definition) is 2. The van der Waals surface area contributed by atoms with E-state index in [2.05, 4.69) is 66.6 Å². The van der Waals surface area contributed by atoms with E-state index in [0.717, 1.165) is 6.42 Å². The lowest BCUT2D eigenvalue weighted by Crippen LogP contribution is -2.59. The van der Waals surface area contributed by atoms with Crippen LogP contribution in [0.1, 0.15) is 31.5 Å². The lowest BCUT2D eigenvalue weighted by atomic mass is 9.67. The molecule has 3 atom stereocenters. The smallest absolute Gasteiger partial charge is 0.0461 e. The molecule has 1 aliphatic heterocycles. The van der Waals surface area contributed by atoms with Crippen LogP contribution in [0.25, 0.3) is 17.0 Å². The molecule has 2 N–H and O–H groups in total. The van der Waals surface area contributed by atoms with E-state index in [-0.39, 0.29) is 5.54 Å². The van der Waals surface area contributed by atoms with E-state index in [1.165, 1.54) is 34.2 Å². The second kappa shape index (κ2) is 4.14. The van der Waals surface area contributed by atoms with Gasteiger partial charge in [-0.1, -0.05) is 30.4 Å². The Balaban J connectivity index is 1.73. The van der Waals surface area contributed by atoms with Gasteiger partial charge in [0.05, 0.1) is 0 Å². The molecular formula is C20H22N2. The zero-order valence-electron chi connectivity index (χ0n) is 13.2. The fraction of sp³-hybridized carbons (Fsp3) is 0.400. The highest BCUT2D eigenvalue weighted by Crippen LogP contribution is 2.44. The van der Waals surface area contributed by atoms with Crippen molar-refractivity contribution in [1.29, 1.82) is 0 Å². The van der Waals surface area contributed by atoms with E-state index >= 15 is 0 Å². The molecule has 1 fully saturated rings. The van der Waals surface area contributed by atoms with Crippen LogP contribution < -0.4 is 5.32 Å². The second-order valence-corrected chi connectivity index (χ2v) is 7.69. The first-order chi connectivity index (χ1) is 10.6. The number of nitrogens with one attached hydrogen (secondary N) is 2. The normalized spacial score (nSPS) is 31.5. The van der Waals surface area contributed by atoms with Crippen molar-refractivity contribution in [2.24, 2.45) is 11.8 Å². The van der Waals surface area contributed by atoms with Crippen LogP contribution >= 0.6 is 0 Å². The molecule has 0 radical (unpaired) electrons. The van der Waals surface area contributed by atoms with Gasteiger partial charge in [0.25, 0.3) is 0 Å². The van der Waals surface area contributed by atoms with Gasteiger partial charge in [0.15, 0.2) is 0 Å². The SMILES string of the molecule is CC1(C)NC2Cc3c([nH]c4ccccc34)C=C3C=CC1CC32. The van der Waals surface area contributed by atoms with Crippen LogP contribution in [0, 0.1) is 11.8 Å². The highest BCUT2D eigenvalue weighted by atomic mass is 15.0. The molecule has 2 heteroatoms. The minimum atomic E-state index is 0.194. The summed E-state index contributed by atoms with van der Waals surface area (Å²) in [6, 6.07) is 9.25. The van der Waals surface area contributed by atoms with E-state index in [0.29, 0.717) is 17.9 Å². The summed E-state index contributed by atoms with van der Waals surface area (Å²) >= 11 is 0. The first-order valence-electron chi connectivity index (χ1n) is 8.39. The Kier molecular flexibility index (Phi) is 2.39. The number of para-hydroxylation sites is 1. The summed E-state index contributed by atoms with van der Waals surface area (Å²) in [5.41, 5.74) is 5.75. The quantitative estimate of drug-likeness (QED) is 0.752. The molecule has 0 spiro atoms. The van der Waals surface area contributed by atoms with Crippen molar-refractivity contribution in [3.05, 3.63) is 53.2 Å². The van der Waals surface area contributed by atoms with Crippen molar-refractivity contribution in [1.82, 2.24) is 10.3 Å². The molecule has 3 unspecified atom stereocenters. The summed E-state index contributed by atoms with van der Waals surface area (Å²) in [5, 5.41) is 5.34. The number of piperidine rings is 1. The first kappa shape index (κ1) is 12.7. The number of rotatable bonds is 0. The minimum Gasteiger partial charge on any atom is -0.355 e. The van der Waals surface area contributed by atoms with Gasteiger partial charge in [-0.15, -0.1) is 0 Å². The molecule has 3 aliphatic rings. The average Bonchev–Trinajstić information content (AvgIpc) is 2.75. The van der Waals surface area contributed by atoms with Gasteiger partial charge in [0.1, 0.15) is 0 Å². The summed E-state index contributed by atoms with van der Waals surface area (Å²) in [4.78, 5) is 3.63. The summed E-state index contributed by atoms with van der Waals surface area (Å²) in [6.45, 7) is 4.71. The number of fused-ring (bicyclic) bond motifs is 4. The average molecular weight is 290 g/mol. The molecule has 2 heterocycles. The molecule has 2 aromatic rings. The fourth-order valence-corrected chi connectivity index (χ4v) is 4.76. The Morgan fingerprint density at radius 2 is 2.05 bits per heavy atom. The molecule has 112 valence electrons. The first-order valence-corrected chi connectivity index (χ1v) is 8.39. The Hall–Kier alpha value is -1.80. The molecule has 2 bridgehead atoms.